The van der Waals surface area contributed by atoms with Crippen LogP contribution in [0.2, 0.25) is 0 Å². The highest BCUT2D eigenvalue weighted by Crippen LogP contribution is 2.16. The molecule has 0 saturated carbocycles. The van der Waals surface area contributed by atoms with Crippen LogP contribution in [0.5, 0.6) is 0 Å². The number of nitrogens with one attached hydrogen (secondary N) is 1. The lowest BCUT2D eigenvalue weighted by Gasteiger charge is -2.35. The number of rotatable bonds is 5. The Hall–Kier alpha value is -1.95. The normalized spacial score (nSPS) is 20.8. The maximum absolute atomic E-state index is 13.7. The molecule has 2 aliphatic heterocycles. The molecular weight excluding hydrogens is 321 g/mol. The van der Waals surface area contributed by atoms with E-state index in [0.717, 1.165) is 25.9 Å². The van der Waals surface area contributed by atoms with E-state index >= 15 is 0 Å². The van der Waals surface area contributed by atoms with Gasteiger partial charge in [0.2, 0.25) is 11.8 Å². The smallest absolute Gasteiger partial charge is 0.227 e. The molecule has 6 heteroatoms. The van der Waals surface area contributed by atoms with E-state index in [1.807, 2.05) is 4.90 Å². The van der Waals surface area contributed by atoms with Crippen molar-refractivity contribution in [3.63, 3.8) is 0 Å². The van der Waals surface area contributed by atoms with Gasteiger partial charge in [0.15, 0.2) is 0 Å². The molecule has 1 N–H and O–H groups in total. The number of hydrogen-bond donors (Lipinski definition) is 1. The van der Waals surface area contributed by atoms with Crippen molar-refractivity contribution in [3.05, 3.63) is 35.6 Å². The fourth-order valence-corrected chi connectivity index (χ4v) is 3.57. The molecule has 0 spiro atoms. The zero-order valence-corrected chi connectivity index (χ0v) is 14.5. The maximum Gasteiger partial charge on any atom is 0.227 e. The highest BCUT2D eigenvalue weighted by Gasteiger charge is 2.25. The first kappa shape index (κ1) is 17.9. The van der Waals surface area contributed by atoms with Crippen LogP contribution in [0, 0.1) is 11.7 Å². The van der Waals surface area contributed by atoms with Gasteiger partial charge in [-0.15, -0.1) is 0 Å². The zero-order chi connectivity index (χ0) is 17.6. The van der Waals surface area contributed by atoms with Crippen LogP contribution < -0.4 is 5.32 Å². The Morgan fingerprint density at radius 1 is 1.08 bits per heavy atom. The van der Waals surface area contributed by atoms with Gasteiger partial charge in [-0.25, -0.2) is 4.39 Å². The number of hydrogen-bond acceptors (Lipinski definition) is 3. The summed E-state index contributed by atoms with van der Waals surface area (Å²) < 4.78 is 13.7. The van der Waals surface area contributed by atoms with Gasteiger partial charge in [-0.1, -0.05) is 18.2 Å². The average Bonchev–Trinajstić information content (AvgIpc) is 3.15. The maximum atomic E-state index is 13.7. The summed E-state index contributed by atoms with van der Waals surface area (Å²) in [6.07, 6.45) is 2.77. The Kier molecular flexibility index (Phi) is 6.02. The Morgan fingerprint density at radius 2 is 1.76 bits per heavy atom. The molecule has 0 aliphatic carbocycles. The van der Waals surface area contributed by atoms with Gasteiger partial charge in [-0.3, -0.25) is 9.59 Å². The first-order valence-electron chi connectivity index (χ1n) is 9.13. The summed E-state index contributed by atoms with van der Waals surface area (Å²) in [7, 11) is 0. The molecule has 2 fully saturated rings. The molecule has 1 atom stereocenters. The van der Waals surface area contributed by atoms with Gasteiger partial charge in [0.1, 0.15) is 5.82 Å². The molecule has 2 amide bonds. The van der Waals surface area contributed by atoms with Crippen molar-refractivity contribution in [1.29, 1.82) is 0 Å². The summed E-state index contributed by atoms with van der Waals surface area (Å²) in [5.41, 5.74) is 0.427. The van der Waals surface area contributed by atoms with Crippen LogP contribution in [0.4, 0.5) is 4.39 Å². The fourth-order valence-electron chi connectivity index (χ4n) is 3.57. The third-order valence-electron chi connectivity index (χ3n) is 5.21. The first-order valence-corrected chi connectivity index (χ1v) is 9.13. The number of nitrogens with zero attached hydrogens (tertiary/aromatic N) is 2. The predicted molar refractivity (Wildman–Crippen MR) is 93.5 cm³/mol. The number of halogens is 1. The Labute approximate surface area is 148 Å². The number of amides is 2. The van der Waals surface area contributed by atoms with Gasteiger partial charge in [-0.05, 0) is 43.5 Å². The molecule has 136 valence electrons. The topological polar surface area (TPSA) is 52.7 Å². The van der Waals surface area contributed by atoms with E-state index in [-0.39, 0.29) is 24.1 Å². The van der Waals surface area contributed by atoms with E-state index in [1.165, 1.54) is 6.07 Å². The van der Waals surface area contributed by atoms with E-state index in [9.17, 15) is 14.0 Å². The molecule has 5 nitrogen and oxygen atoms in total. The highest BCUT2D eigenvalue weighted by atomic mass is 19.1. The summed E-state index contributed by atoms with van der Waals surface area (Å²) in [6, 6.07) is 6.38. The third-order valence-corrected chi connectivity index (χ3v) is 5.21. The quantitative estimate of drug-likeness (QED) is 0.877. The Balaban J connectivity index is 1.42. The van der Waals surface area contributed by atoms with Crippen LogP contribution in [0.25, 0.3) is 0 Å². The number of benzene rings is 1. The van der Waals surface area contributed by atoms with Gasteiger partial charge in [0, 0.05) is 32.6 Å². The highest BCUT2D eigenvalue weighted by molar-refractivity contribution is 5.80. The van der Waals surface area contributed by atoms with E-state index < -0.39 is 0 Å². The molecule has 25 heavy (non-hydrogen) atoms. The standard InChI is InChI=1S/C19H26FN3O2/c20-17-4-2-1-3-16(17)13-19(25)23-11-9-22(10-12-23)18(24)6-5-15-7-8-21-14-15/h1-4,15,21H,5-14H2. The van der Waals surface area contributed by atoms with Gasteiger partial charge < -0.3 is 15.1 Å². The number of piperazine rings is 1. The third kappa shape index (κ3) is 4.78. The molecule has 0 aromatic heterocycles. The number of carbonyl (C=O) groups is 2. The number of carbonyl (C=O) groups excluding carboxylic acids is 2. The largest absolute Gasteiger partial charge is 0.339 e. The molecule has 2 aliphatic rings. The van der Waals surface area contributed by atoms with Gasteiger partial charge in [0.05, 0.1) is 6.42 Å². The molecule has 1 aromatic carbocycles. The van der Waals surface area contributed by atoms with Crippen LogP contribution >= 0.6 is 0 Å². The van der Waals surface area contributed by atoms with Crippen LogP contribution in [-0.2, 0) is 16.0 Å². The van der Waals surface area contributed by atoms with Crippen molar-refractivity contribution >= 4 is 11.8 Å². The van der Waals surface area contributed by atoms with E-state index in [1.54, 1.807) is 23.1 Å². The second kappa shape index (κ2) is 8.43. The summed E-state index contributed by atoms with van der Waals surface area (Å²) in [5.74, 6) is 0.390. The molecule has 2 saturated heterocycles. The van der Waals surface area contributed by atoms with Crippen molar-refractivity contribution in [2.45, 2.75) is 25.7 Å². The molecule has 1 unspecified atom stereocenters. The molecule has 1 aromatic rings. The predicted octanol–water partition coefficient (Wildman–Crippen LogP) is 1.43. The van der Waals surface area contributed by atoms with Gasteiger partial charge >= 0.3 is 0 Å². The van der Waals surface area contributed by atoms with Crippen molar-refractivity contribution in [2.75, 3.05) is 39.3 Å². The monoisotopic (exact) mass is 347 g/mol. The van der Waals surface area contributed by atoms with Gasteiger partial charge in [0.25, 0.3) is 0 Å². The molecular formula is C19H26FN3O2. The van der Waals surface area contributed by atoms with Crippen LogP contribution in [-0.4, -0.2) is 60.9 Å². The average molecular weight is 347 g/mol. The molecule has 2 heterocycles. The van der Waals surface area contributed by atoms with E-state index in [4.69, 9.17) is 0 Å². The van der Waals surface area contributed by atoms with Crippen molar-refractivity contribution in [3.8, 4) is 0 Å². The van der Waals surface area contributed by atoms with E-state index in [2.05, 4.69) is 5.32 Å². The Morgan fingerprint density at radius 3 is 2.40 bits per heavy atom. The fraction of sp³-hybridized carbons (Fsp3) is 0.579. The summed E-state index contributed by atoms with van der Waals surface area (Å²) in [5, 5.41) is 3.32. The van der Waals surface area contributed by atoms with Crippen molar-refractivity contribution in [1.82, 2.24) is 15.1 Å². The minimum absolute atomic E-state index is 0.0748. The van der Waals surface area contributed by atoms with Gasteiger partial charge in [-0.2, -0.15) is 0 Å². The lowest BCUT2D eigenvalue weighted by molar-refractivity contribution is -0.139. The SMILES string of the molecule is O=C(CCC1CCNC1)N1CCN(C(=O)Cc2ccccc2F)CC1. The second-order valence-electron chi connectivity index (χ2n) is 6.93. The summed E-state index contributed by atoms with van der Waals surface area (Å²) in [6.45, 7) is 4.29. The van der Waals surface area contributed by atoms with Crippen LogP contribution in [0.3, 0.4) is 0 Å². The zero-order valence-electron chi connectivity index (χ0n) is 14.5. The second-order valence-corrected chi connectivity index (χ2v) is 6.93. The van der Waals surface area contributed by atoms with Crippen molar-refractivity contribution in [2.24, 2.45) is 5.92 Å². The molecule has 0 radical (unpaired) electrons. The lowest BCUT2D eigenvalue weighted by atomic mass is 10.0. The molecule has 3 rings (SSSR count). The van der Waals surface area contributed by atoms with Crippen LogP contribution in [0.15, 0.2) is 24.3 Å². The van der Waals surface area contributed by atoms with E-state index in [0.29, 0.717) is 44.1 Å². The minimum atomic E-state index is -0.342. The van der Waals surface area contributed by atoms with Crippen LogP contribution in [0.1, 0.15) is 24.8 Å². The minimum Gasteiger partial charge on any atom is -0.339 e. The first-order chi connectivity index (χ1) is 12.1. The summed E-state index contributed by atoms with van der Waals surface area (Å²) in [4.78, 5) is 28.3. The Bertz CT molecular complexity index is 608. The molecule has 0 bridgehead atoms. The van der Waals surface area contributed by atoms with Crippen molar-refractivity contribution < 1.29 is 14.0 Å². The summed E-state index contributed by atoms with van der Waals surface area (Å²) >= 11 is 0. The lowest BCUT2D eigenvalue weighted by Crippen LogP contribution is -2.51.